The highest BCUT2D eigenvalue weighted by atomic mass is 15.5. The number of nitrogens with two attached hydrogens (primary N) is 1. The molecule has 2 unspecified atom stereocenters. The molecule has 3 N–H and O–H groups in total. The standard InChI is InChI=1S/C19H26N8/c1-3-17-21-12-15-16(20)6-5-11-26(4-2)19(15)27(17)14-9-7-13(8-10-14)18-22-24-25-23-18/h7-10,12,16-17H,3-6,11,20H2,1-2H3,(H,22,23,24,25). The predicted molar refractivity (Wildman–Crippen MR) is 106 cm³/mol. The lowest BCUT2D eigenvalue weighted by molar-refractivity contribution is 0.339. The number of tetrazole rings is 1. The fourth-order valence-corrected chi connectivity index (χ4v) is 3.88. The van der Waals surface area contributed by atoms with Crippen LogP contribution < -0.4 is 10.6 Å². The molecule has 2 aliphatic rings. The van der Waals surface area contributed by atoms with Crippen LogP contribution in [0, 0.1) is 0 Å². The van der Waals surface area contributed by atoms with Crippen LogP contribution in [0.1, 0.15) is 33.1 Å². The van der Waals surface area contributed by atoms with Gasteiger partial charge in [-0.1, -0.05) is 6.92 Å². The van der Waals surface area contributed by atoms with Crippen molar-refractivity contribution in [2.24, 2.45) is 10.7 Å². The van der Waals surface area contributed by atoms with E-state index in [2.05, 4.69) is 56.4 Å². The molecule has 2 atom stereocenters. The summed E-state index contributed by atoms with van der Waals surface area (Å²) in [5.41, 5.74) is 9.67. The van der Waals surface area contributed by atoms with Crippen LogP contribution in [0.4, 0.5) is 5.69 Å². The smallest absolute Gasteiger partial charge is 0.204 e. The number of aromatic amines is 1. The van der Waals surface area contributed by atoms with E-state index in [1.807, 2.05) is 18.3 Å². The number of hydrogen-bond donors (Lipinski definition) is 2. The van der Waals surface area contributed by atoms with Crippen molar-refractivity contribution < 1.29 is 0 Å². The molecule has 0 bridgehead atoms. The Labute approximate surface area is 159 Å². The van der Waals surface area contributed by atoms with Crippen LogP contribution in [0.3, 0.4) is 0 Å². The first kappa shape index (κ1) is 17.7. The number of aliphatic imine (C=N–C) groups is 1. The minimum absolute atomic E-state index is 0.0270. The van der Waals surface area contributed by atoms with Gasteiger partial charge in [0.05, 0.1) is 0 Å². The molecule has 0 amide bonds. The fourth-order valence-electron chi connectivity index (χ4n) is 3.88. The number of rotatable bonds is 4. The highest BCUT2D eigenvalue weighted by Gasteiger charge is 2.33. The molecule has 3 heterocycles. The SMILES string of the molecule is CCC1N=CC2=C(N(CC)CCCC2N)N1c1ccc(-c2nn[nH]n2)cc1. The average molecular weight is 366 g/mol. The molecular formula is C19H26N8. The van der Waals surface area contributed by atoms with Crippen LogP contribution in [-0.4, -0.2) is 57.0 Å². The summed E-state index contributed by atoms with van der Waals surface area (Å²) in [4.78, 5) is 9.59. The van der Waals surface area contributed by atoms with Crippen molar-refractivity contribution in [3.63, 3.8) is 0 Å². The Bertz CT molecular complexity index is 824. The molecule has 2 aliphatic heterocycles. The van der Waals surface area contributed by atoms with Gasteiger partial charge in [0.1, 0.15) is 12.0 Å². The average Bonchev–Trinajstić information content (AvgIpc) is 3.19. The van der Waals surface area contributed by atoms with Crippen LogP contribution in [0.25, 0.3) is 11.4 Å². The van der Waals surface area contributed by atoms with Gasteiger partial charge in [-0.25, -0.2) is 0 Å². The second-order valence-electron chi connectivity index (χ2n) is 6.93. The summed E-state index contributed by atoms with van der Waals surface area (Å²) in [6.07, 6.45) is 5.08. The van der Waals surface area contributed by atoms with Crippen molar-refractivity contribution in [1.82, 2.24) is 25.5 Å². The Kier molecular flexibility index (Phi) is 4.89. The molecule has 142 valence electrons. The predicted octanol–water partition coefficient (Wildman–Crippen LogP) is 2.15. The van der Waals surface area contributed by atoms with Crippen molar-refractivity contribution in [3.05, 3.63) is 35.7 Å². The van der Waals surface area contributed by atoms with E-state index in [1.165, 1.54) is 5.82 Å². The highest BCUT2D eigenvalue weighted by molar-refractivity contribution is 5.85. The summed E-state index contributed by atoms with van der Waals surface area (Å²) in [6.45, 7) is 6.34. The number of aromatic nitrogens is 4. The maximum absolute atomic E-state index is 6.49. The first-order valence-electron chi connectivity index (χ1n) is 9.64. The van der Waals surface area contributed by atoms with Gasteiger partial charge in [-0.3, -0.25) is 4.99 Å². The van der Waals surface area contributed by atoms with Crippen LogP contribution in [-0.2, 0) is 0 Å². The first-order valence-corrected chi connectivity index (χ1v) is 9.64. The molecule has 4 rings (SSSR count). The molecule has 1 aromatic carbocycles. The largest absolute Gasteiger partial charge is 0.358 e. The number of H-pyrrole nitrogens is 1. The zero-order valence-electron chi connectivity index (χ0n) is 15.8. The molecule has 0 aliphatic carbocycles. The number of nitrogens with one attached hydrogen (secondary N) is 1. The molecule has 8 heteroatoms. The Morgan fingerprint density at radius 3 is 2.70 bits per heavy atom. The number of hydrogen-bond acceptors (Lipinski definition) is 7. The molecule has 1 aromatic heterocycles. The van der Waals surface area contributed by atoms with Gasteiger partial charge in [0.2, 0.25) is 5.82 Å². The molecule has 0 saturated heterocycles. The van der Waals surface area contributed by atoms with Gasteiger partial charge < -0.3 is 15.5 Å². The summed E-state index contributed by atoms with van der Waals surface area (Å²) in [5.74, 6) is 1.80. The summed E-state index contributed by atoms with van der Waals surface area (Å²) < 4.78 is 0. The van der Waals surface area contributed by atoms with Crippen LogP contribution in [0.15, 0.2) is 40.7 Å². The first-order chi connectivity index (χ1) is 13.2. The Balaban J connectivity index is 1.76. The van der Waals surface area contributed by atoms with Crippen molar-refractivity contribution in [1.29, 1.82) is 0 Å². The Morgan fingerprint density at radius 2 is 2.04 bits per heavy atom. The molecule has 0 spiro atoms. The Morgan fingerprint density at radius 1 is 1.22 bits per heavy atom. The van der Waals surface area contributed by atoms with Crippen molar-refractivity contribution >= 4 is 11.9 Å². The van der Waals surface area contributed by atoms with Crippen LogP contribution in [0.2, 0.25) is 0 Å². The van der Waals surface area contributed by atoms with E-state index < -0.39 is 0 Å². The summed E-state index contributed by atoms with van der Waals surface area (Å²) >= 11 is 0. The third kappa shape index (κ3) is 3.21. The number of benzene rings is 1. The van der Waals surface area contributed by atoms with Gasteiger partial charge in [0.25, 0.3) is 0 Å². The van der Waals surface area contributed by atoms with E-state index >= 15 is 0 Å². The van der Waals surface area contributed by atoms with E-state index in [1.54, 1.807) is 0 Å². The molecule has 27 heavy (non-hydrogen) atoms. The van der Waals surface area contributed by atoms with Gasteiger partial charge in [-0.15, -0.1) is 10.2 Å². The maximum Gasteiger partial charge on any atom is 0.204 e. The molecular weight excluding hydrogens is 340 g/mol. The zero-order valence-corrected chi connectivity index (χ0v) is 15.8. The van der Waals surface area contributed by atoms with E-state index in [4.69, 9.17) is 10.7 Å². The maximum atomic E-state index is 6.49. The molecule has 0 fully saturated rings. The second kappa shape index (κ2) is 7.48. The quantitative estimate of drug-likeness (QED) is 0.860. The minimum Gasteiger partial charge on any atom is -0.358 e. The third-order valence-electron chi connectivity index (χ3n) is 5.31. The lowest BCUT2D eigenvalue weighted by Gasteiger charge is -2.41. The van der Waals surface area contributed by atoms with Crippen LogP contribution >= 0.6 is 0 Å². The number of anilines is 1. The van der Waals surface area contributed by atoms with E-state index in [0.717, 1.165) is 49.2 Å². The van der Waals surface area contributed by atoms with Crippen molar-refractivity contribution in [2.75, 3.05) is 18.0 Å². The van der Waals surface area contributed by atoms with Crippen LogP contribution in [0.5, 0.6) is 0 Å². The molecule has 0 radical (unpaired) electrons. The van der Waals surface area contributed by atoms with Gasteiger partial charge in [0, 0.05) is 42.2 Å². The molecule has 0 saturated carbocycles. The Hall–Kier alpha value is -2.74. The third-order valence-corrected chi connectivity index (χ3v) is 5.31. The lowest BCUT2D eigenvalue weighted by atomic mass is 10.0. The van der Waals surface area contributed by atoms with Gasteiger partial charge in [-0.05, 0) is 55.7 Å². The van der Waals surface area contributed by atoms with Crippen molar-refractivity contribution in [3.8, 4) is 11.4 Å². The van der Waals surface area contributed by atoms with E-state index in [0.29, 0.717) is 5.82 Å². The summed E-state index contributed by atoms with van der Waals surface area (Å²) in [5, 5.41) is 14.2. The monoisotopic (exact) mass is 366 g/mol. The fraction of sp³-hybridized carbons (Fsp3) is 0.474. The van der Waals surface area contributed by atoms with Crippen molar-refractivity contribution in [2.45, 2.75) is 45.3 Å². The van der Waals surface area contributed by atoms with Gasteiger partial charge >= 0.3 is 0 Å². The lowest BCUT2D eigenvalue weighted by Crippen LogP contribution is -2.45. The number of nitrogens with zero attached hydrogens (tertiary/aromatic N) is 6. The van der Waals surface area contributed by atoms with E-state index in [9.17, 15) is 0 Å². The van der Waals surface area contributed by atoms with E-state index in [-0.39, 0.29) is 12.2 Å². The zero-order chi connectivity index (χ0) is 18.8. The summed E-state index contributed by atoms with van der Waals surface area (Å²) in [6, 6.07) is 8.28. The summed E-state index contributed by atoms with van der Waals surface area (Å²) in [7, 11) is 0. The highest BCUT2D eigenvalue weighted by Crippen LogP contribution is 2.34. The van der Waals surface area contributed by atoms with Gasteiger partial charge in [0.15, 0.2) is 0 Å². The minimum atomic E-state index is 0.0270. The molecule has 8 nitrogen and oxygen atoms in total. The topological polar surface area (TPSA) is 99.3 Å². The normalized spacial score (nSPS) is 22.8. The second-order valence-corrected chi connectivity index (χ2v) is 6.93. The van der Waals surface area contributed by atoms with Gasteiger partial charge in [-0.2, -0.15) is 5.21 Å². The molecule has 2 aromatic rings.